The summed E-state index contributed by atoms with van der Waals surface area (Å²) < 4.78 is 25.3. The molecule has 2 bridgehead atoms. The Bertz CT molecular complexity index is 785. The van der Waals surface area contributed by atoms with Gasteiger partial charge < -0.3 is 14.4 Å². The van der Waals surface area contributed by atoms with Crippen molar-refractivity contribution in [2.45, 2.75) is 77.0 Å². The van der Waals surface area contributed by atoms with Crippen LogP contribution in [0.25, 0.3) is 0 Å². The second kappa shape index (κ2) is 7.62. The molecule has 0 N–H and O–H groups in total. The topological polar surface area (TPSA) is 55.8 Å². The molecular weight excluding hydrogens is 373 g/mol. The van der Waals surface area contributed by atoms with Gasteiger partial charge in [0, 0.05) is 18.0 Å². The van der Waals surface area contributed by atoms with Crippen molar-refractivity contribution >= 4 is 11.9 Å². The van der Waals surface area contributed by atoms with E-state index in [0.29, 0.717) is 36.7 Å². The number of carbonyl (C=O) groups excluding carboxylic acids is 2. The Morgan fingerprint density at radius 3 is 2.34 bits per heavy atom. The van der Waals surface area contributed by atoms with Crippen LogP contribution in [0.1, 0.15) is 69.7 Å². The molecule has 5 nitrogen and oxygen atoms in total. The first-order valence-corrected chi connectivity index (χ1v) is 10.7. The normalized spacial score (nSPS) is 26.3. The SMILES string of the molecule is CC(C)(C)OC(=O)N1C2CCC1CC(C(=O)c1cc(F)ccc1OCC1CC1)C2. The summed E-state index contributed by atoms with van der Waals surface area (Å²) in [7, 11) is 0. The van der Waals surface area contributed by atoms with Crippen molar-refractivity contribution in [2.75, 3.05) is 6.61 Å². The van der Waals surface area contributed by atoms with E-state index in [-0.39, 0.29) is 29.9 Å². The molecule has 4 rings (SSSR count). The van der Waals surface area contributed by atoms with E-state index in [0.717, 1.165) is 25.7 Å². The molecule has 1 saturated carbocycles. The minimum Gasteiger partial charge on any atom is -0.493 e. The molecule has 2 saturated heterocycles. The summed E-state index contributed by atoms with van der Waals surface area (Å²) in [5.41, 5.74) is -0.209. The van der Waals surface area contributed by atoms with Crippen LogP contribution in [-0.2, 0) is 4.74 Å². The maximum atomic E-state index is 13.9. The number of benzene rings is 1. The maximum absolute atomic E-state index is 13.9. The molecule has 0 spiro atoms. The minimum absolute atomic E-state index is 0.00180. The summed E-state index contributed by atoms with van der Waals surface area (Å²) >= 11 is 0. The van der Waals surface area contributed by atoms with E-state index in [1.807, 2.05) is 25.7 Å². The Morgan fingerprint density at radius 1 is 1.10 bits per heavy atom. The van der Waals surface area contributed by atoms with Crippen molar-refractivity contribution in [3.05, 3.63) is 29.6 Å². The van der Waals surface area contributed by atoms with Gasteiger partial charge in [-0.2, -0.15) is 0 Å². The fourth-order valence-corrected chi connectivity index (χ4v) is 4.54. The van der Waals surface area contributed by atoms with Crippen LogP contribution in [0.4, 0.5) is 9.18 Å². The van der Waals surface area contributed by atoms with E-state index in [1.165, 1.54) is 12.1 Å². The Kier molecular flexibility index (Phi) is 5.30. The molecule has 3 aliphatic rings. The van der Waals surface area contributed by atoms with E-state index in [2.05, 4.69) is 0 Å². The predicted octanol–water partition coefficient (Wildman–Crippen LogP) is 4.98. The number of ketones is 1. The van der Waals surface area contributed by atoms with Crippen LogP contribution in [0.5, 0.6) is 5.75 Å². The van der Waals surface area contributed by atoms with Crippen LogP contribution >= 0.6 is 0 Å². The number of ether oxygens (including phenoxy) is 2. The summed E-state index contributed by atoms with van der Waals surface area (Å²) in [5, 5.41) is 0. The van der Waals surface area contributed by atoms with Crippen molar-refractivity contribution in [1.29, 1.82) is 0 Å². The summed E-state index contributed by atoms with van der Waals surface area (Å²) in [5.74, 6) is 0.301. The zero-order chi connectivity index (χ0) is 20.8. The maximum Gasteiger partial charge on any atom is 0.410 e. The second-order valence-corrected chi connectivity index (χ2v) is 9.70. The van der Waals surface area contributed by atoms with E-state index >= 15 is 0 Å². The molecule has 29 heavy (non-hydrogen) atoms. The van der Waals surface area contributed by atoms with Gasteiger partial charge in [0.1, 0.15) is 17.2 Å². The molecule has 2 atom stereocenters. The molecule has 2 heterocycles. The van der Waals surface area contributed by atoms with Crippen molar-refractivity contribution in [3.8, 4) is 5.75 Å². The van der Waals surface area contributed by atoms with Crippen LogP contribution < -0.4 is 4.74 Å². The number of hydrogen-bond donors (Lipinski definition) is 0. The second-order valence-electron chi connectivity index (χ2n) is 9.70. The zero-order valence-electron chi connectivity index (χ0n) is 17.4. The first kappa shape index (κ1) is 20.2. The van der Waals surface area contributed by atoms with Crippen molar-refractivity contribution < 1.29 is 23.5 Å². The van der Waals surface area contributed by atoms with Gasteiger partial charge in [-0.05, 0) is 83.4 Å². The highest BCUT2D eigenvalue weighted by molar-refractivity contribution is 6.00. The van der Waals surface area contributed by atoms with Gasteiger partial charge >= 0.3 is 6.09 Å². The van der Waals surface area contributed by atoms with Gasteiger partial charge in [0.15, 0.2) is 5.78 Å². The molecule has 1 aromatic rings. The number of piperidine rings is 1. The lowest BCUT2D eigenvalue weighted by Crippen LogP contribution is -2.49. The monoisotopic (exact) mass is 403 g/mol. The van der Waals surface area contributed by atoms with Crippen LogP contribution in [0, 0.1) is 17.7 Å². The number of nitrogens with zero attached hydrogens (tertiary/aromatic N) is 1. The summed E-state index contributed by atoms with van der Waals surface area (Å²) in [6.07, 6.45) is 4.94. The summed E-state index contributed by atoms with van der Waals surface area (Å²) in [4.78, 5) is 27.7. The lowest BCUT2D eigenvalue weighted by Gasteiger charge is -2.39. The van der Waals surface area contributed by atoms with E-state index in [4.69, 9.17) is 9.47 Å². The van der Waals surface area contributed by atoms with Crippen molar-refractivity contribution in [2.24, 2.45) is 11.8 Å². The first-order valence-electron chi connectivity index (χ1n) is 10.7. The number of Topliss-reactive ketones (excluding diaryl/α,β-unsaturated/α-hetero) is 1. The molecule has 3 fully saturated rings. The van der Waals surface area contributed by atoms with Gasteiger partial charge in [-0.25, -0.2) is 9.18 Å². The summed E-state index contributed by atoms with van der Waals surface area (Å²) in [6, 6.07) is 4.21. The number of fused-ring (bicyclic) bond motifs is 2. The van der Waals surface area contributed by atoms with E-state index in [1.54, 1.807) is 6.07 Å². The van der Waals surface area contributed by atoms with Gasteiger partial charge in [-0.3, -0.25) is 4.79 Å². The van der Waals surface area contributed by atoms with E-state index < -0.39 is 11.4 Å². The van der Waals surface area contributed by atoms with Crippen molar-refractivity contribution in [3.63, 3.8) is 0 Å². The van der Waals surface area contributed by atoms with Crippen LogP contribution in [0.2, 0.25) is 0 Å². The van der Waals surface area contributed by atoms with Crippen LogP contribution in [-0.4, -0.2) is 41.1 Å². The van der Waals surface area contributed by atoms with Crippen molar-refractivity contribution in [1.82, 2.24) is 4.90 Å². The molecule has 158 valence electrons. The molecule has 1 aromatic carbocycles. The lowest BCUT2D eigenvalue weighted by molar-refractivity contribution is 0.00251. The predicted molar refractivity (Wildman–Crippen MR) is 107 cm³/mol. The number of carbonyl (C=O) groups is 2. The lowest BCUT2D eigenvalue weighted by atomic mass is 9.84. The molecule has 1 amide bonds. The number of rotatable bonds is 5. The molecule has 2 aliphatic heterocycles. The van der Waals surface area contributed by atoms with Gasteiger partial charge in [0.25, 0.3) is 0 Å². The molecule has 6 heteroatoms. The third kappa shape index (κ3) is 4.57. The van der Waals surface area contributed by atoms with Crippen LogP contribution in [0.15, 0.2) is 18.2 Å². The minimum atomic E-state index is -0.543. The average Bonchev–Trinajstić information content (AvgIpc) is 3.42. The van der Waals surface area contributed by atoms with Crippen LogP contribution in [0.3, 0.4) is 0 Å². The highest BCUT2D eigenvalue weighted by Crippen LogP contribution is 2.41. The Balaban J connectivity index is 1.47. The van der Waals surface area contributed by atoms with Gasteiger partial charge in [0.05, 0.1) is 12.2 Å². The highest BCUT2D eigenvalue weighted by atomic mass is 19.1. The fourth-order valence-electron chi connectivity index (χ4n) is 4.54. The molecule has 2 unspecified atom stereocenters. The quantitative estimate of drug-likeness (QED) is 0.651. The smallest absolute Gasteiger partial charge is 0.410 e. The third-order valence-corrected chi connectivity index (χ3v) is 6.09. The highest BCUT2D eigenvalue weighted by Gasteiger charge is 2.46. The fraction of sp³-hybridized carbons (Fsp3) is 0.652. The summed E-state index contributed by atoms with van der Waals surface area (Å²) in [6.45, 7) is 6.15. The van der Waals surface area contributed by atoms with Gasteiger partial charge in [-0.1, -0.05) is 0 Å². The largest absolute Gasteiger partial charge is 0.493 e. The molecular formula is C23H30FNO4. The standard InChI is InChI=1S/C23H30FNO4/c1-23(2,3)29-22(27)25-17-7-8-18(25)11-15(10-17)21(26)19-12-16(24)6-9-20(19)28-13-14-4-5-14/h6,9,12,14-15,17-18H,4-5,7-8,10-11,13H2,1-3H3. The Labute approximate surface area is 171 Å². The molecule has 0 radical (unpaired) electrons. The zero-order valence-corrected chi connectivity index (χ0v) is 17.4. The Morgan fingerprint density at radius 2 is 1.76 bits per heavy atom. The number of amides is 1. The molecule has 0 aromatic heterocycles. The Hall–Kier alpha value is -2.11. The molecule has 1 aliphatic carbocycles. The van der Waals surface area contributed by atoms with E-state index in [9.17, 15) is 14.0 Å². The van der Waals surface area contributed by atoms with Gasteiger partial charge in [-0.15, -0.1) is 0 Å². The average molecular weight is 403 g/mol. The number of halogens is 1. The third-order valence-electron chi connectivity index (χ3n) is 6.09. The van der Waals surface area contributed by atoms with Gasteiger partial charge in [0.2, 0.25) is 0 Å². The first-order chi connectivity index (χ1) is 13.7. The number of hydrogen-bond acceptors (Lipinski definition) is 4.